The number of nitrogens with zero attached hydrogens (tertiary/aromatic N) is 3. The van der Waals surface area contributed by atoms with Gasteiger partial charge in [0.2, 0.25) is 5.91 Å². The summed E-state index contributed by atoms with van der Waals surface area (Å²) >= 11 is 3.43. The van der Waals surface area contributed by atoms with Gasteiger partial charge in [-0.15, -0.1) is 0 Å². The Hall–Kier alpha value is -3.33. The van der Waals surface area contributed by atoms with E-state index in [2.05, 4.69) is 47.3 Å². The van der Waals surface area contributed by atoms with Crippen molar-refractivity contribution in [1.29, 1.82) is 0 Å². The number of amides is 3. The minimum Gasteiger partial charge on any atom is -0.497 e. The zero-order valence-corrected chi connectivity index (χ0v) is 22.5. The molecule has 8 nitrogen and oxygen atoms in total. The van der Waals surface area contributed by atoms with Gasteiger partial charge in [0.15, 0.2) is 0 Å². The van der Waals surface area contributed by atoms with E-state index in [1.807, 2.05) is 62.4 Å². The largest absolute Gasteiger partial charge is 0.497 e. The van der Waals surface area contributed by atoms with Crippen molar-refractivity contribution in [1.82, 2.24) is 14.7 Å². The van der Waals surface area contributed by atoms with Gasteiger partial charge in [-0.1, -0.05) is 32.9 Å². The molecule has 0 aliphatic carbocycles. The van der Waals surface area contributed by atoms with Crippen molar-refractivity contribution in [2.45, 2.75) is 46.1 Å². The number of aromatic nitrogens is 2. The van der Waals surface area contributed by atoms with E-state index in [0.717, 1.165) is 21.6 Å². The molecule has 1 aromatic heterocycles. The maximum absolute atomic E-state index is 13.1. The lowest BCUT2D eigenvalue weighted by Crippen LogP contribution is -2.44. The van der Waals surface area contributed by atoms with Gasteiger partial charge in [-0.2, -0.15) is 5.10 Å². The van der Waals surface area contributed by atoms with Crippen LogP contribution in [0.4, 0.5) is 16.3 Å². The fourth-order valence-corrected chi connectivity index (χ4v) is 3.72. The van der Waals surface area contributed by atoms with E-state index in [9.17, 15) is 9.59 Å². The molecule has 3 amide bonds. The first kappa shape index (κ1) is 26.3. The molecule has 2 aromatic carbocycles. The first-order valence-electron chi connectivity index (χ1n) is 11.4. The SMILES string of the molecule is COc1ccc(-n2nc(C(C)(C)C)cc2NC(=O)CN(C(=O)Nc2ccccc2Br)C(C)C)cc1. The number of hydrogen-bond donors (Lipinski definition) is 2. The highest BCUT2D eigenvalue weighted by Crippen LogP contribution is 2.27. The summed E-state index contributed by atoms with van der Waals surface area (Å²) < 4.78 is 7.71. The van der Waals surface area contributed by atoms with E-state index >= 15 is 0 Å². The number of urea groups is 1. The van der Waals surface area contributed by atoms with E-state index in [1.165, 1.54) is 4.90 Å². The fraction of sp³-hybridized carbons (Fsp3) is 0.346. The van der Waals surface area contributed by atoms with Crippen LogP contribution < -0.4 is 15.4 Å². The van der Waals surface area contributed by atoms with E-state index < -0.39 is 0 Å². The monoisotopic (exact) mass is 541 g/mol. The van der Waals surface area contributed by atoms with E-state index in [1.54, 1.807) is 17.9 Å². The summed E-state index contributed by atoms with van der Waals surface area (Å²) in [7, 11) is 1.61. The van der Waals surface area contributed by atoms with Crippen LogP contribution in [0, 0.1) is 0 Å². The van der Waals surface area contributed by atoms with Gasteiger partial charge in [-0.05, 0) is 66.2 Å². The minimum atomic E-state index is -0.360. The van der Waals surface area contributed by atoms with Crippen molar-refractivity contribution in [3.63, 3.8) is 0 Å². The van der Waals surface area contributed by atoms with Gasteiger partial charge in [0, 0.05) is 22.0 Å². The Labute approximate surface area is 214 Å². The van der Waals surface area contributed by atoms with Gasteiger partial charge in [-0.25, -0.2) is 9.48 Å². The molecule has 0 saturated heterocycles. The number of methoxy groups -OCH3 is 1. The first-order chi connectivity index (χ1) is 16.5. The summed E-state index contributed by atoms with van der Waals surface area (Å²) in [6.07, 6.45) is 0. The molecule has 186 valence electrons. The van der Waals surface area contributed by atoms with Gasteiger partial charge < -0.3 is 20.3 Å². The number of carbonyl (C=O) groups excluding carboxylic acids is 2. The Morgan fingerprint density at radius 3 is 2.31 bits per heavy atom. The van der Waals surface area contributed by atoms with Crippen LogP contribution in [0.3, 0.4) is 0 Å². The summed E-state index contributed by atoms with van der Waals surface area (Å²) in [5, 5.41) is 10.5. The molecular weight excluding hydrogens is 510 g/mol. The van der Waals surface area contributed by atoms with Crippen molar-refractivity contribution in [3.8, 4) is 11.4 Å². The van der Waals surface area contributed by atoms with Crippen LogP contribution in [0.1, 0.15) is 40.3 Å². The molecule has 0 radical (unpaired) electrons. The Balaban J connectivity index is 1.82. The summed E-state index contributed by atoms with van der Waals surface area (Å²) in [6, 6.07) is 16.1. The minimum absolute atomic E-state index is 0.118. The molecule has 1 heterocycles. The molecule has 35 heavy (non-hydrogen) atoms. The van der Waals surface area contributed by atoms with E-state index in [0.29, 0.717) is 11.5 Å². The van der Waals surface area contributed by atoms with Gasteiger partial charge in [0.05, 0.1) is 24.2 Å². The second-order valence-electron chi connectivity index (χ2n) is 9.45. The smallest absolute Gasteiger partial charge is 0.322 e. The van der Waals surface area contributed by atoms with Crippen molar-refractivity contribution in [3.05, 3.63) is 64.8 Å². The zero-order chi connectivity index (χ0) is 25.8. The fourth-order valence-electron chi connectivity index (χ4n) is 3.33. The van der Waals surface area contributed by atoms with Crippen LogP contribution in [0.15, 0.2) is 59.1 Å². The summed E-state index contributed by atoms with van der Waals surface area (Å²) in [4.78, 5) is 27.5. The number of rotatable bonds is 7. The average molecular weight is 542 g/mol. The van der Waals surface area contributed by atoms with Crippen LogP contribution >= 0.6 is 15.9 Å². The van der Waals surface area contributed by atoms with Crippen molar-refractivity contribution in [2.75, 3.05) is 24.3 Å². The van der Waals surface area contributed by atoms with Gasteiger partial charge in [0.25, 0.3) is 0 Å². The molecule has 0 spiro atoms. The molecule has 2 N–H and O–H groups in total. The summed E-state index contributed by atoms with van der Waals surface area (Å²) in [5.74, 6) is 0.933. The number of hydrogen-bond acceptors (Lipinski definition) is 4. The lowest BCUT2D eigenvalue weighted by molar-refractivity contribution is -0.117. The molecule has 0 saturated carbocycles. The Bertz CT molecular complexity index is 1180. The van der Waals surface area contributed by atoms with Crippen molar-refractivity contribution >= 4 is 39.4 Å². The topological polar surface area (TPSA) is 88.5 Å². The van der Waals surface area contributed by atoms with E-state index in [-0.39, 0.29) is 29.9 Å². The van der Waals surface area contributed by atoms with Crippen molar-refractivity contribution in [2.24, 2.45) is 0 Å². The molecule has 0 fully saturated rings. The Morgan fingerprint density at radius 1 is 1.09 bits per heavy atom. The number of carbonyl (C=O) groups is 2. The van der Waals surface area contributed by atoms with E-state index in [4.69, 9.17) is 9.84 Å². The predicted octanol–water partition coefficient (Wildman–Crippen LogP) is 5.82. The average Bonchev–Trinajstić information content (AvgIpc) is 3.23. The third-order valence-corrected chi connectivity index (χ3v) is 6.07. The predicted molar refractivity (Wildman–Crippen MR) is 142 cm³/mol. The highest BCUT2D eigenvalue weighted by molar-refractivity contribution is 9.10. The quantitative estimate of drug-likeness (QED) is 0.394. The van der Waals surface area contributed by atoms with Gasteiger partial charge in [-0.3, -0.25) is 4.79 Å². The lowest BCUT2D eigenvalue weighted by Gasteiger charge is -2.26. The molecule has 0 aliphatic rings. The molecule has 0 aliphatic heterocycles. The zero-order valence-electron chi connectivity index (χ0n) is 20.9. The second kappa shape index (κ2) is 10.9. The van der Waals surface area contributed by atoms with Crippen LogP contribution in [0.2, 0.25) is 0 Å². The number of nitrogens with one attached hydrogen (secondary N) is 2. The Morgan fingerprint density at radius 2 is 1.74 bits per heavy atom. The highest BCUT2D eigenvalue weighted by Gasteiger charge is 2.24. The molecule has 9 heteroatoms. The number of halogens is 1. The number of anilines is 2. The number of para-hydroxylation sites is 1. The normalized spacial score (nSPS) is 11.3. The second-order valence-corrected chi connectivity index (χ2v) is 10.3. The van der Waals surface area contributed by atoms with Crippen LogP contribution in [-0.4, -0.2) is 46.3 Å². The van der Waals surface area contributed by atoms with Gasteiger partial charge >= 0.3 is 6.03 Å². The molecule has 0 bridgehead atoms. The van der Waals surface area contributed by atoms with Crippen LogP contribution in [0.25, 0.3) is 5.69 Å². The maximum Gasteiger partial charge on any atom is 0.322 e. The first-order valence-corrected chi connectivity index (χ1v) is 12.2. The highest BCUT2D eigenvalue weighted by atomic mass is 79.9. The number of benzene rings is 2. The van der Waals surface area contributed by atoms with Crippen molar-refractivity contribution < 1.29 is 14.3 Å². The summed E-state index contributed by atoms with van der Waals surface area (Å²) in [5.41, 5.74) is 2.03. The number of ether oxygens (including phenoxy) is 1. The molecular formula is C26H32BrN5O3. The molecule has 0 unspecified atom stereocenters. The van der Waals surface area contributed by atoms with Crippen LogP contribution in [0.5, 0.6) is 5.75 Å². The standard InChI is InChI=1S/C26H32BrN5O3/c1-17(2)31(25(34)28-21-10-8-7-9-20(21)27)16-24(33)29-23-15-22(26(3,4)5)30-32(23)18-11-13-19(35-6)14-12-18/h7-15,17H,16H2,1-6H3,(H,28,34)(H,29,33). The lowest BCUT2D eigenvalue weighted by atomic mass is 9.92. The third kappa shape index (κ3) is 6.63. The summed E-state index contributed by atoms with van der Waals surface area (Å²) in [6.45, 7) is 9.80. The molecule has 3 rings (SSSR count). The van der Waals surface area contributed by atoms with Gasteiger partial charge in [0.1, 0.15) is 18.1 Å². The molecule has 0 atom stereocenters. The molecule has 3 aromatic rings. The van der Waals surface area contributed by atoms with Crippen LogP contribution in [-0.2, 0) is 10.2 Å². The third-order valence-electron chi connectivity index (χ3n) is 5.38. The maximum atomic E-state index is 13.1. The Kier molecular flexibility index (Phi) is 8.22.